The molecule has 0 spiro atoms. The van der Waals surface area contributed by atoms with Crippen LogP contribution in [-0.4, -0.2) is 63.0 Å². The molecule has 2 N–H and O–H groups in total. The molecule has 0 unspecified atom stereocenters. The van der Waals surface area contributed by atoms with Crippen molar-refractivity contribution in [3.8, 4) is 0 Å². The van der Waals surface area contributed by atoms with Crippen LogP contribution < -0.4 is 5.73 Å². The number of para-hydroxylation sites is 1. The summed E-state index contributed by atoms with van der Waals surface area (Å²) in [6.45, 7) is 0.976. The molecule has 10 heteroatoms. The minimum Gasteiger partial charge on any atom is -0.384 e. The average Bonchev–Trinajstić information content (AvgIpc) is 3.39. The number of halogens is 3. The third-order valence-electron chi connectivity index (χ3n) is 6.71. The van der Waals surface area contributed by atoms with Crippen LogP contribution in [0.4, 0.5) is 19.0 Å². The molecule has 0 bridgehead atoms. The van der Waals surface area contributed by atoms with E-state index in [1.54, 1.807) is 21.6 Å². The van der Waals surface area contributed by atoms with Crippen molar-refractivity contribution in [2.75, 3.05) is 25.4 Å². The van der Waals surface area contributed by atoms with Crippen LogP contribution in [0.3, 0.4) is 0 Å². The molecule has 7 nitrogen and oxygen atoms in total. The van der Waals surface area contributed by atoms with E-state index in [9.17, 15) is 22.8 Å². The molecule has 0 saturated carbocycles. The fourth-order valence-electron chi connectivity index (χ4n) is 4.98. The van der Waals surface area contributed by atoms with Gasteiger partial charge in [-0.25, -0.2) is 4.98 Å². The first kappa shape index (κ1) is 22.2. The van der Waals surface area contributed by atoms with E-state index in [1.807, 2.05) is 30.5 Å². The quantitative estimate of drug-likeness (QED) is 0.632. The van der Waals surface area contributed by atoms with Crippen molar-refractivity contribution < 1.29 is 22.8 Å². The number of alkyl halides is 3. The summed E-state index contributed by atoms with van der Waals surface area (Å²) in [5, 5.41) is 0.939. The van der Waals surface area contributed by atoms with Gasteiger partial charge in [0.2, 0.25) is 5.91 Å². The number of anilines is 1. The summed E-state index contributed by atoms with van der Waals surface area (Å²) in [5.41, 5.74) is 7.93. The summed E-state index contributed by atoms with van der Waals surface area (Å²) < 4.78 is 41.7. The molecule has 0 aliphatic carbocycles. The number of pyridine rings is 1. The van der Waals surface area contributed by atoms with Gasteiger partial charge in [0.15, 0.2) is 0 Å². The lowest BCUT2D eigenvalue weighted by molar-refractivity contribution is -0.182. The molecule has 2 fully saturated rings. The van der Waals surface area contributed by atoms with Crippen molar-refractivity contribution in [1.29, 1.82) is 0 Å². The summed E-state index contributed by atoms with van der Waals surface area (Å²) in [6, 6.07) is 8.98. The Kier molecular flexibility index (Phi) is 5.45. The molecular weight excluding hydrogens is 447 g/mol. The fraction of sp³-hybridized carbons (Fsp3) is 0.375. The molecule has 34 heavy (non-hydrogen) atoms. The Morgan fingerprint density at radius 3 is 2.65 bits per heavy atom. The van der Waals surface area contributed by atoms with E-state index in [0.717, 1.165) is 21.4 Å². The van der Waals surface area contributed by atoms with E-state index in [0.29, 0.717) is 25.1 Å². The third kappa shape index (κ3) is 3.97. The largest absolute Gasteiger partial charge is 0.408 e. The van der Waals surface area contributed by atoms with Gasteiger partial charge >= 0.3 is 6.18 Å². The summed E-state index contributed by atoms with van der Waals surface area (Å²) in [4.78, 5) is 32.1. The van der Waals surface area contributed by atoms with Gasteiger partial charge in [-0.15, -0.1) is 0 Å². The fourth-order valence-corrected chi connectivity index (χ4v) is 4.98. The highest BCUT2D eigenvalue weighted by Gasteiger charge is 2.47. The Balaban J connectivity index is 1.34. The van der Waals surface area contributed by atoms with Crippen LogP contribution in [0.15, 0.2) is 48.8 Å². The van der Waals surface area contributed by atoms with E-state index < -0.39 is 18.1 Å². The van der Waals surface area contributed by atoms with Crippen molar-refractivity contribution in [2.24, 2.45) is 0 Å². The second kappa shape index (κ2) is 8.34. The number of nitrogens with two attached hydrogens (primary N) is 1. The van der Waals surface area contributed by atoms with Crippen LogP contribution in [-0.2, 0) is 11.3 Å². The van der Waals surface area contributed by atoms with E-state index >= 15 is 0 Å². The number of aromatic nitrogens is 2. The van der Waals surface area contributed by atoms with Crippen LogP contribution in [0.2, 0.25) is 0 Å². The lowest BCUT2D eigenvalue weighted by Crippen LogP contribution is -2.48. The molecular formula is C24H24F3N5O2. The molecule has 0 radical (unpaired) electrons. The highest BCUT2D eigenvalue weighted by atomic mass is 19.4. The molecule has 2 aliphatic rings. The lowest BCUT2D eigenvalue weighted by Gasteiger charge is -2.39. The van der Waals surface area contributed by atoms with Crippen LogP contribution >= 0.6 is 0 Å². The predicted octanol–water partition coefficient (Wildman–Crippen LogP) is 3.41. The number of carbonyl (C=O) groups is 2. The highest BCUT2D eigenvalue weighted by Crippen LogP contribution is 2.36. The Bertz CT molecular complexity index is 1250. The molecule has 178 valence electrons. The minimum atomic E-state index is -4.42. The Morgan fingerprint density at radius 1 is 1.15 bits per heavy atom. The number of hydrogen-bond donors (Lipinski definition) is 1. The number of carbonyl (C=O) groups excluding carboxylic acids is 2. The topological polar surface area (TPSA) is 84.5 Å². The maximum absolute atomic E-state index is 13.3. The first-order chi connectivity index (χ1) is 16.2. The monoisotopic (exact) mass is 471 g/mol. The van der Waals surface area contributed by atoms with Gasteiger partial charge < -0.3 is 20.1 Å². The van der Waals surface area contributed by atoms with Crippen LogP contribution in [0.25, 0.3) is 10.9 Å². The number of hydrogen-bond acceptors (Lipinski definition) is 4. The second-order valence-electron chi connectivity index (χ2n) is 8.89. The standard InChI is InChI=1S/C24H24F3N5O2/c25-24(26,27)20-6-3-9-32(20)22(33)14-30-13-18(17-4-1-2-5-19(17)30)16-11-31(12-16)23(34)15-7-8-29-21(28)10-15/h1-2,4-5,7-8,10,13,16,20H,3,6,9,11-12,14H2,(H2,28,29)/t20-/m0/s1. The zero-order chi connectivity index (χ0) is 24.0. The molecule has 3 aromatic rings. The van der Waals surface area contributed by atoms with E-state index in [1.165, 1.54) is 6.20 Å². The first-order valence-corrected chi connectivity index (χ1v) is 11.2. The minimum absolute atomic E-state index is 0.0536. The van der Waals surface area contributed by atoms with Crippen molar-refractivity contribution in [3.05, 3.63) is 59.9 Å². The van der Waals surface area contributed by atoms with Crippen molar-refractivity contribution in [3.63, 3.8) is 0 Å². The number of fused-ring (bicyclic) bond motifs is 1. The zero-order valence-electron chi connectivity index (χ0n) is 18.3. The van der Waals surface area contributed by atoms with Gasteiger partial charge in [-0.1, -0.05) is 18.2 Å². The smallest absolute Gasteiger partial charge is 0.384 e. The van der Waals surface area contributed by atoms with E-state index in [2.05, 4.69) is 4.98 Å². The summed E-state index contributed by atoms with van der Waals surface area (Å²) in [5.74, 6) is -0.315. The maximum atomic E-state index is 13.3. The Morgan fingerprint density at radius 2 is 1.91 bits per heavy atom. The van der Waals surface area contributed by atoms with Gasteiger partial charge in [-0.2, -0.15) is 13.2 Å². The predicted molar refractivity (Wildman–Crippen MR) is 120 cm³/mol. The van der Waals surface area contributed by atoms with E-state index in [-0.39, 0.29) is 37.2 Å². The Hall–Kier alpha value is -3.56. The third-order valence-corrected chi connectivity index (χ3v) is 6.71. The van der Waals surface area contributed by atoms with Crippen molar-refractivity contribution >= 4 is 28.5 Å². The number of nitrogen functional groups attached to an aromatic ring is 1. The van der Waals surface area contributed by atoms with Gasteiger partial charge in [0.25, 0.3) is 5.91 Å². The van der Waals surface area contributed by atoms with Gasteiger partial charge in [-0.3, -0.25) is 9.59 Å². The second-order valence-corrected chi connectivity index (χ2v) is 8.89. The first-order valence-electron chi connectivity index (χ1n) is 11.2. The number of rotatable bonds is 4. The summed E-state index contributed by atoms with van der Waals surface area (Å²) >= 11 is 0. The summed E-state index contributed by atoms with van der Waals surface area (Å²) in [6.07, 6.45) is -0.783. The molecule has 2 aromatic heterocycles. The maximum Gasteiger partial charge on any atom is 0.408 e. The lowest BCUT2D eigenvalue weighted by atomic mass is 9.90. The summed E-state index contributed by atoms with van der Waals surface area (Å²) in [7, 11) is 0. The van der Waals surface area contributed by atoms with Gasteiger partial charge in [0.05, 0.1) is 0 Å². The molecule has 2 amide bonds. The zero-order valence-corrected chi connectivity index (χ0v) is 18.3. The molecule has 5 rings (SSSR count). The van der Waals surface area contributed by atoms with Gasteiger partial charge in [0.1, 0.15) is 18.4 Å². The highest BCUT2D eigenvalue weighted by molar-refractivity contribution is 5.95. The van der Waals surface area contributed by atoms with E-state index in [4.69, 9.17) is 5.73 Å². The normalized spacial score (nSPS) is 19.0. The SMILES string of the molecule is Nc1cc(C(=O)N2CC(c3cn(CC(=O)N4CCC[C@H]4C(F)(F)F)c4ccccc34)C2)ccn1. The van der Waals surface area contributed by atoms with Gasteiger partial charge in [-0.05, 0) is 36.6 Å². The van der Waals surface area contributed by atoms with Crippen LogP contribution in [0.1, 0.15) is 34.7 Å². The van der Waals surface area contributed by atoms with Crippen molar-refractivity contribution in [2.45, 2.75) is 37.5 Å². The molecule has 1 aromatic carbocycles. The molecule has 2 aliphatic heterocycles. The van der Waals surface area contributed by atoms with Gasteiger partial charge in [0, 0.05) is 54.4 Å². The average molecular weight is 471 g/mol. The molecule has 1 atom stereocenters. The van der Waals surface area contributed by atoms with Crippen LogP contribution in [0, 0.1) is 0 Å². The number of amides is 2. The van der Waals surface area contributed by atoms with Crippen molar-refractivity contribution in [1.82, 2.24) is 19.4 Å². The van der Waals surface area contributed by atoms with Crippen LogP contribution in [0.5, 0.6) is 0 Å². The Labute approximate surface area is 193 Å². The molecule has 2 saturated heterocycles. The number of nitrogens with zero attached hydrogens (tertiary/aromatic N) is 4. The number of likely N-dealkylation sites (tertiary alicyclic amines) is 2. The molecule has 4 heterocycles. The number of benzene rings is 1.